The van der Waals surface area contributed by atoms with Crippen LogP contribution in [0, 0.1) is 0 Å². The minimum absolute atomic E-state index is 0.376. The van der Waals surface area contributed by atoms with E-state index < -0.39 is 0 Å². The molecule has 1 nitrogen and oxygen atoms in total. The van der Waals surface area contributed by atoms with E-state index in [1.54, 1.807) is 0 Å². The summed E-state index contributed by atoms with van der Waals surface area (Å²) in [5.41, 5.74) is 1.22. The first-order chi connectivity index (χ1) is 8.69. The van der Waals surface area contributed by atoms with Gasteiger partial charge in [0.05, 0.1) is 10.0 Å². The molecule has 1 aromatic rings. The van der Waals surface area contributed by atoms with E-state index in [-0.39, 0.29) is 0 Å². The predicted octanol–water partition coefficient (Wildman–Crippen LogP) is 5.61. The van der Waals surface area contributed by atoms with E-state index in [0.29, 0.717) is 16.1 Å². The molecule has 1 aromatic carbocycles. The Hall–Kier alpha value is -0.240. The van der Waals surface area contributed by atoms with Gasteiger partial charge >= 0.3 is 0 Å². The summed E-state index contributed by atoms with van der Waals surface area (Å²) in [7, 11) is 0. The van der Waals surface area contributed by atoms with Gasteiger partial charge in [-0.2, -0.15) is 0 Å². The summed E-state index contributed by atoms with van der Waals surface area (Å²) in [6.45, 7) is 5.49. The van der Waals surface area contributed by atoms with Crippen molar-refractivity contribution in [2.45, 2.75) is 52.0 Å². The maximum Gasteiger partial charge on any atom is 0.0595 e. The molecule has 0 amide bonds. The second kappa shape index (κ2) is 8.79. The van der Waals surface area contributed by atoms with Gasteiger partial charge in [0.2, 0.25) is 0 Å². The van der Waals surface area contributed by atoms with Crippen LogP contribution in [-0.2, 0) is 0 Å². The van der Waals surface area contributed by atoms with E-state index in [4.69, 9.17) is 23.2 Å². The molecule has 1 N–H and O–H groups in total. The van der Waals surface area contributed by atoms with Gasteiger partial charge in [-0.25, -0.2) is 0 Å². The highest BCUT2D eigenvalue weighted by atomic mass is 35.5. The Morgan fingerprint density at radius 3 is 2.44 bits per heavy atom. The average Bonchev–Trinajstić information content (AvgIpc) is 2.37. The third kappa shape index (κ3) is 5.17. The Bertz CT molecular complexity index is 352. The highest BCUT2D eigenvalue weighted by molar-refractivity contribution is 6.42. The molecule has 1 unspecified atom stereocenters. The summed E-state index contributed by atoms with van der Waals surface area (Å²) in [4.78, 5) is 0. The van der Waals surface area contributed by atoms with E-state index in [2.05, 4.69) is 25.2 Å². The molecule has 18 heavy (non-hydrogen) atoms. The Labute approximate surface area is 121 Å². The van der Waals surface area contributed by atoms with Crippen LogP contribution >= 0.6 is 23.2 Å². The Morgan fingerprint density at radius 1 is 1.06 bits per heavy atom. The van der Waals surface area contributed by atoms with Gasteiger partial charge < -0.3 is 5.32 Å². The Morgan fingerprint density at radius 2 is 1.83 bits per heavy atom. The van der Waals surface area contributed by atoms with Crippen molar-refractivity contribution in [3.05, 3.63) is 33.8 Å². The zero-order valence-electron chi connectivity index (χ0n) is 11.3. The molecule has 0 heterocycles. The molecular formula is C15H23Cl2N. The minimum atomic E-state index is 0.376. The summed E-state index contributed by atoms with van der Waals surface area (Å²) in [6.07, 6.45) is 6.22. The number of unbranched alkanes of at least 4 members (excludes halogenated alkanes) is 3. The Kier molecular flexibility index (Phi) is 7.73. The third-order valence-electron chi connectivity index (χ3n) is 3.18. The topological polar surface area (TPSA) is 12.0 Å². The van der Waals surface area contributed by atoms with Crippen LogP contribution in [0.5, 0.6) is 0 Å². The van der Waals surface area contributed by atoms with Crippen molar-refractivity contribution in [3.8, 4) is 0 Å². The molecule has 0 saturated carbocycles. The van der Waals surface area contributed by atoms with Crippen LogP contribution in [0.3, 0.4) is 0 Å². The lowest BCUT2D eigenvalue weighted by Gasteiger charge is -2.18. The lowest BCUT2D eigenvalue weighted by molar-refractivity contribution is 0.497. The number of hydrogen-bond acceptors (Lipinski definition) is 1. The molecule has 0 fully saturated rings. The van der Waals surface area contributed by atoms with Crippen LogP contribution in [0.15, 0.2) is 18.2 Å². The van der Waals surface area contributed by atoms with Gasteiger partial charge in [-0.3, -0.25) is 0 Å². The van der Waals surface area contributed by atoms with E-state index in [1.165, 1.54) is 31.2 Å². The number of rotatable bonds is 8. The molecule has 0 saturated heterocycles. The summed E-state index contributed by atoms with van der Waals surface area (Å²) < 4.78 is 0. The van der Waals surface area contributed by atoms with Gasteiger partial charge in [0.25, 0.3) is 0 Å². The number of nitrogens with one attached hydrogen (secondary N) is 1. The maximum atomic E-state index is 6.06. The average molecular weight is 288 g/mol. The van der Waals surface area contributed by atoms with Crippen molar-refractivity contribution in [2.24, 2.45) is 0 Å². The molecule has 3 heteroatoms. The van der Waals surface area contributed by atoms with Gasteiger partial charge in [0.15, 0.2) is 0 Å². The fourth-order valence-corrected chi connectivity index (χ4v) is 2.36. The minimum Gasteiger partial charge on any atom is -0.310 e. The molecule has 0 bridgehead atoms. The SMILES string of the molecule is CCCCCCNC(CC)c1ccc(Cl)c(Cl)c1. The van der Waals surface area contributed by atoms with Gasteiger partial charge in [0, 0.05) is 6.04 Å². The molecule has 0 spiro atoms. The molecule has 0 aliphatic carbocycles. The van der Waals surface area contributed by atoms with Crippen molar-refractivity contribution in [1.29, 1.82) is 0 Å². The standard InChI is InChI=1S/C15H23Cl2N/c1-3-5-6-7-10-18-15(4-2)12-8-9-13(16)14(17)11-12/h8-9,11,15,18H,3-7,10H2,1-2H3. The smallest absolute Gasteiger partial charge is 0.0595 e. The number of hydrogen-bond donors (Lipinski definition) is 1. The first-order valence-corrected chi connectivity index (χ1v) is 7.63. The summed E-state index contributed by atoms with van der Waals surface area (Å²) >= 11 is 12.0. The van der Waals surface area contributed by atoms with E-state index in [9.17, 15) is 0 Å². The number of benzene rings is 1. The van der Waals surface area contributed by atoms with Crippen molar-refractivity contribution < 1.29 is 0 Å². The molecule has 0 aliphatic heterocycles. The highest BCUT2D eigenvalue weighted by Crippen LogP contribution is 2.26. The highest BCUT2D eigenvalue weighted by Gasteiger charge is 2.09. The zero-order valence-corrected chi connectivity index (χ0v) is 12.8. The lowest BCUT2D eigenvalue weighted by Crippen LogP contribution is -2.21. The van der Waals surface area contributed by atoms with Gasteiger partial charge in [-0.15, -0.1) is 0 Å². The fourth-order valence-electron chi connectivity index (χ4n) is 2.06. The first kappa shape index (κ1) is 15.8. The second-order valence-electron chi connectivity index (χ2n) is 4.65. The fraction of sp³-hybridized carbons (Fsp3) is 0.600. The quantitative estimate of drug-likeness (QED) is 0.613. The van der Waals surface area contributed by atoms with Crippen LogP contribution in [-0.4, -0.2) is 6.54 Å². The van der Waals surface area contributed by atoms with Crippen LogP contribution in [0.2, 0.25) is 10.0 Å². The summed E-state index contributed by atoms with van der Waals surface area (Å²) in [5.74, 6) is 0. The van der Waals surface area contributed by atoms with Crippen LogP contribution in [0.4, 0.5) is 0 Å². The molecule has 102 valence electrons. The molecule has 0 aliphatic rings. The van der Waals surface area contributed by atoms with Crippen molar-refractivity contribution >= 4 is 23.2 Å². The normalized spacial score (nSPS) is 12.7. The Balaban J connectivity index is 2.47. The maximum absolute atomic E-state index is 6.06. The van der Waals surface area contributed by atoms with Gasteiger partial charge in [-0.1, -0.05) is 62.4 Å². The molecule has 0 radical (unpaired) electrons. The zero-order chi connectivity index (χ0) is 13.4. The largest absolute Gasteiger partial charge is 0.310 e. The van der Waals surface area contributed by atoms with E-state index >= 15 is 0 Å². The second-order valence-corrected chi connectivity index (χ2v) is 5.46. The molecule has 0 aromatic heterocycles. The summed E-state index contributed by atoms with van der Waals surface area (Å²) in [5, 5.41) is 4.85. The third-order valence-corrected chi connectivity index (χ3v) is 3.91. The molecule has 1 rings (SSSR count). The molecular weight excluding hydrogens is 265 g/mol. The van der Waals surface area contributed by atoms with Crippen LogP contribution in [0.25, 0.3) is 0 Å². The van der Waals surface area contributed by atoms with Gasteiger partial charge in [0.1, 0.15) is 0 Å². The van der Waals surface area contributed by atoms with E-state index in [1.807, 2.05) is 12.1 Å². The number of halogens is 2. The van der Waals surface area contributed by atoms with Crippen molar-refractivity contribution in [2.75, 3.05) is 6.54 Å². The molecule has 1 atom stereocenters. The monoisotopic (exact) mass is 287 g/mol. The van der Waals surface area contributed by atoms with Gasteiger partial charge in [-0.05, 0) is 37.1 Å². The van der Waals surface area contributed by atoms with Crippen LogP contribution in [0.1, 0.15) is 57.6 Å². The van der Waals surface area contributed by atoms with Crippen LogP contribution < -0.4 is 5.32 Å². The van der Waals surface area contributed by atoms with E-state index in [0.717, 1.165) is 13.0 Å². The summed E-state index contributed by atoms with van der Waals surface area (Å²) in [6, 6.07) is 6.28. The van der Waals surface area contributed by atoms with Crippen molar-refractivity contribution in [3.63, 3.8) is 0 Å². The predicted molar refractivity (Wildman–Crippen MR) is 81.6 cm³/mol. The van der Waals surface area contributed by atoms with Crippen molar-refractivity contribution in [1.82, 2.24) is 5.32 Å². The first-order valence-electron chi connectivity index (χ1n) is 6.87. The lowest BCUT2D eigenvalue weighted by atomic mass is 10.0.